The number of ether oxygens (including phenoxy) is 1. The molecule has 0 unspecified atom stereocenters. The number of benzene rings is 2. The van der Waals surface area contributed by atoms with E-state index in [1.165, 1.54) is 0 Å². The molecule has 1 atom stereocenters. The van der Waals surface area contributed by atoms with Crippen molar-refractivity contribution in [3.05, 3.63) is 94.6 Å². The third kappa shape index (κ3) is 7.45. The number of esters is 1. The molecule has 4 heteroatoms. The van der Waals surface area contributed by atoms with E-state index >= 15 is 0 Å². The van der Waals surface area contributed by atoms with Gasteiger partial charge in [-0.05, 0) is 55.4 Å². The lowest BCUT2D eigenvalue weighted by molar-refractivity contribution is 0.0191. The highest BCUT2D eigenvalue weighted by atomic mass is 16.6. The minimum atomic E-state index is -0.264. The Morgan fingerprint density at radius 2 is 1.82 bits per heavy atom. The van der Waals surface area contributed by atoms with Crippen LogP contribution in [0.25, 0.3) is 0 Å². The zero-order valence-electron chi connectivity index (χ0n) is 20.2. The van der Waals surface area contributed by atoms with E-state index in [9.17, 15) is 4.79 Å². The molecule has 0 aliphatic carbocycles. The Balaban J connectivity index is 1.93. The Morgan fingerprint density at radius 1 is 1.06 bits per heavy atom. The van der Waals surface area contributed by atoms with Gasteiger partial charge in [-0.2, -0.15) is 0 Å². The number of cyclic esters (lactones) is 1. The summed E-state index contributed by atoms with van der Waals surface area (Å²) in [5, 5.41) is 4.43. The molecule has 1 aliphatic heterocycles. The number of nitrogens with zero attached hydrogens (tertiary/aromatic N) is 1. The molecule has 2 aromatic carbocycles. The topological polar surface area (TPSA) is 47.9 Å². The van der Waals surface area contributed by atoms with Crippen LogP contribution in [-0.2, 0) is 22.6 Å². The molecular weight excluding hydrogens is 410 g/mol. The van der Waals surface area contributed by atoms with E-state index in [1.807, 2.05) is 56.3 Å². The first-order valence-electron chi connectivity index (χ1n) is 11.8. The van der Waals surface area contributed by atoms with E-state index in [4.69, 9.17) is 9.57 Å². The first-order valence-corrected chi connectivity index (χ1v) is 11.8. The van der Waals surface area contributed by atoms with E-state index in [-0.39, 0.29) is 18.0 Å². The van der Waals surface area contributed by atoms with Gasteiger partial charge in [0.05, 0.1) is 11.3 Å². The molecule has 0 saturated heterocycles. The number of carbonyl (C=O) groups is 1. The summed E-state index contributed by atoms with van der Waals surface area (Å²) < 4.78 is 6.00. The standard InChI is InChI=1S/C29H35NO3/c1-21(2)27-16-12-7-5-6-11-15-26(30-32-20-24-13-9-8-10-14-24)19-25-18-22(3)17-23(4)28(25)29(31)33-27/h7-15,17-18,21,27H,5-6,16,19-20H2,1-4H3/b12-7+,15-11+,30-26?/t27-/m0/s1. The lowest BCUT2D eigenvalue weighted by Crippen LogP contribution is -2.25. The normalized spacial score (nSPS) is 20.6. The molecule has 0 saturated carbocycles. The lowest BCUT2D eigenvalue weighted by Gasteiger charge is -2.22. The molecule has 2 aromatic rings. The average molecular weight is 446 g/mol. The molecule has 0 fully saturated rings. The second-order valence-corrected chi connectivity index (χ2v) is 9.01. The highest BCUT2D eigenvalue weighted by Gasteiger charge is 2.23. The van der Waals surface area contributed by atoms with Crippen LogP contribution in [0, 0.1) is 19.8 Å². The van der Waals surface area contributed by atoms with Gasteiger partial charge >= 0.3 is 5.97 Å². The zero-order valence-corrected chi connectivity index (χ0v) is 20.2. The van der Waals surface area contributed by atoms with Crippen LogP contribution in [0.5, 0.6) is 0 Å². The Kier molecular flexibility index (Phi) is 9.05. The minimum Gasteiger partial charge on any atom is -0.458 e. The van der Waals surface area contributed by atoms with Gasteiger partial charge in [-0.25, -0.2) is 4.79 Å². The first kappa shape index (κ1) is 24.5. The van der Waals surface area contributed by atoms with Crippen LogP contribution in [0.15, 0.2) is 71.9 Å². The summed E-state index contributed by atoms with van der Waals surface area (Å²) in [5.74, 6) is -0.0238. The number of carbonyl (C=O) groups excluding carboxylic acids is 1. The number of hydrogen-bond donors (Lipinski definition) is 0. The van der Waals surface area contributed by atoms with Crippen molar-refractivity contribution >= 4 is 11.7 Å². The predicted octanol–water partition coefficient (Wildman–Crippen LogP) is 6.90. The third-order valence-electron chi connectivity index (χ3n) is 5.74. The summed E-state index contributed by atoms with van der Waals surface area (Å²) in [7, 11) is 0. The molecule has 3 rings (SSSR count). The van der Waals surface area contributed by atoms with E-state index in [1.54, 1.807) is 0 Å². The van der Waals surface area contributed by atoms with E-state index in [0.29, 0.717) is 18.6 Å². The second-order valence-electron chi connectivity index (χ2n) is 9.01. The molecule has 0 amide bonds. The Labute approximate surface area is 198 Å². The van der Waals surface area contributed by atoms with Crippen molar-refractivity contribution in [2.24, 2.45) is 11.1 Å². The number of oxime groups is 1. The molecule has 4 nitrogen and oxygen atoms in total. The molecule has 0 radical (unpaired) electrons. The summed E-state index contributed by atoms with van der Waals surface area (Å²) in [4.78, 5) is 19.0. The van der Waals surface area contributed by atoms with Crippen LogP contribution in [0.2, 0.25) is 0 Å². The maximum absolute atomic E-state index is 13.3. The molecular formula is C29H35NO3. The summed E-state index contributed by atoms with van der Waals surface area (Å²) >= 11 is 0. The fourth-order valence-electron chi connectivity index (χ4n) is 3.98. The molecule has 0 aromatic heterocycles. The molecule has 0 bridgehead atoms. The first-order chi connectivity index (χ1) is 15.9. The van der Waals surface area contributed by atoms with Crippen molar-refractivity contribution in [3.8, 4) is 0 Å². The minimum absolute atomic E-state index is 0.150. The number of rotatable bonds is 4. The summed E-state index contributed by atoms with van der Waals surface area (Å²) in [5.41, 5.74) is 5.43. The van der Waals surface area contributed by atoms with Gasteiger partial charge in [-0.1, -0.05) is 85.3 Å². The van der Waals surface area contributed by atoms with Gasteiger partial charge in [0.1, 0.15) is 12.7 Å². The van der Waals surface area contributed by atoms with Crippen molar-refractivity contribution < 1.29 is 14.4 Å². The fourth-order valence-corrected chi connectivity index (χ4v) is 3.98. The van der Waals surface area contributed by atoms with E-state index < -0.39 is 0 Å². The van der Waals surface area contributed by atoms with Crippen LogP contribution in [-0.4, -0.2) is 17.8 Å². The summed E-state index contributed by atoms with van der Waals surface area (Å²) in [6, 6.07) is 14.1. The number of fused-ring (bicyclic) bond motifs is 1. The van der Waals surface area contributed by atoms with Gasteiger partial charge in [0.2, 0.25) is 0 Å². The monoisotopic (exact) mass is 445 g/mol. The van der Waals surface area contributed by atoms with Crippen LogP contribution in [0.3, 0.4) is 0 Å². The van der Waals surface area contributed by atoms with Crippen molar-refractivity contribution in [2.45, 2.75) is 66.1 Å². The van der Waals surface area contributed by atoms with Gasteiger partial charge in [0, 0.05) is 12.8 Å². The Hall–Kier alpha value is -3.14. The van der Waals surface area contributed by atoms with Crippen LogP contribution in [0.4, 0.5) is 0 Å². The highest BCUT2D eigenvalue weighted by Crippen LogP contribution is 2.23. The molecule has 33 heavy (non-hydrogen) atoms. The van der Waals surface area contributed by atoms with Gasteiger partial charge in [0.15, 0.2) is 0 Å². The third-order valence-corrected chi connectivity index (χ3v) is 5.74. The van der Waals surface area contributed by atoms with Crippen LogP contribution in [0.1, 0.15) is 65.7 Å². The zero-order chi connectivity index (χ0) is 23.6. The Morgan fingerprint density at radius 3 is 2.58 bits per heavy atom. The number of allylic oxidation sites excluding steroid dienone is 3. The molecule has 1 heterocycles. The Bertz CT molecular complexity index is 1020. The largest absolute Gasteiger partial charge is 0.458 e. The quantitative estimate of drug-likeness (QED) is 0.292. The number of hydrogen-bond acceptors (Lipinski definition) is 4. The van der Waals surface area contributed by atoms with Crippen molar-refractivity contribution in [2.75, 3.05) is 0 Å². The lowest BCUT2D eigenvalue weighted by atomic mass is 9.94. The molecule has 174 valence electrons. The fraction of sp³-hybridized carbons (Fsp3) is 0.379. The molecule has 0 spiro atoms. The van der Waals surface area contributed by atoms with Gasteiger partial charge in [-0.15, -0.1) is 0 Å². The van der Waals surface area contributed by atoms with Gasteiger partial charge < -0.3 is 9.57 Å². The number of aryl methyl sites for hydroxylation is 2. The molecule has 1 aliphatic rings. The summed E-state index contributed by atoms with van der Waals surface area (Å²) in [6.07, 6.45) is 11.3. The van der Waals surface area contributed by atoms with Crippen molar-refractivity contribution in [1.29, 1.82) is 0 Å². The average Bonchev–Trinajstić information content (AvgIpc) is 2.77. The highest BCUT2D eigenvalue weighted by molar-refractivity contribution is 5.99. The van der Waals surface area contributed by atoms with E-state index in [2.05, 4.69) is 43.3 Å². The molecule has 0 N–H and O–H groups in total. The summed E-state index contributed by atoms with van der Waals surface area (Å²) in [6.45, 7) is 8.60. The van der Waals surface area contributed by atoms with E-state index in [0.717, 1.165) is 47.2 Å². The van der Waals surface area contributed by atoms with Crippen LogP contribution >= 0.6 is 0 Å². The van der Waals surface area contributed by atoms with Gasteiger partial charge in [0.25, 0.3) is 0 Å². The second kappa shape index (κ2) is 12.2. The maximum Gasteiger partial charge on any atom is 0.338 e. The van der Waals surface area contributed by atoms with Crippen molar-refractivity contribution in [3.63, 3.8) is 0 Å². The smallest absolute Gasteiger partial charge is 0.338 e. The SMILES string of the molecule is Cc1cc(C)c2c(c1)CC(=NOCc1ccccc1)/C=C/CC/C=C/C[C@@H](C(C)C)OC2=O. The van der Waals surface area contributed by atoms with Gasteiger partial charge in [-0.3, -0.25) is 0 Å². The van der Waals surface area contributed by atoms with Crippen LogP contribution < -0.4 is 0 Å². The maximum atomic E-state index is 13.3. The predicted molar refractivity (Wildman–Crippen MR) is 134 cm³/mol. The van der Waals surface area contributed by atoms with Crippen molar-refractivity contribution in [1.82, 2.24) is 0 Å².